The van der Waals surface area contributed by atoms with Crippen LogP contribution in [0.3, 0.4) is 0 Å². The Hall–Kier alpha value is -3.03. The topological polar surface area (TPSA) is 112 Å². The summed E-state index contributed by atoms with van der Waals surface area (Å²) >= 11 is 0. The smallest absolute Gasteiger partial charge is 0.271 e. The average Bonchev–Trinajstić information content (AvgIpc) is 2.81. The lowest BCUT2D eigenvalue weighted by Gasteiger charge is -2.03. The van der Waals surface area contributed by atoms with Crippen LogP contribution in [-0.4, -0.2) is 24.5 Å². The van der Waals surface area contributed by atoms with Gasteiger partial charge in [-0.1, -0.05) is 0 Å². The Morgan fingerprint density at radius 3 is 2.80 bits per heavy atom. The van der Waals surface area contributed by atoms with E-state index in [4.69, 9.17) is 5.73 Å². The van der Waals surface area contributed by atoms with Crippen LogP contribution in [0.5, 0.6) is 0 Å². The lowest BCUT2D eigenvalue weighted by Crippen LogP contribution is -1.97. The van der Waals surface area contributed by atoms with Crippen LogP contribution >= 0.6 is 0 Å². The van der Waals surface area contributed by atoms with Crippen LogP contribution in [0.25, 0.3) is 17.0 Å². The molecule has 0 atom stereocenters. The first-order chi connectivity index (χ1) is 9.56. The van der Waals surface area contributed by atoms with Crippen LogP contribution in [0.4, 0.5) is 11.4 Å². The molecule has 0 radical (unpaired) electrons. The van der Waals surface area contributed by atoms with Crippen molar-refractivity contribution in [3.63, 3.8) is 0 Å². The van der Waals surface area contributed by atoms with Gasteiger partial charge < -0.3 is 5.73 Å². The maximum atomic E-state index is 10.7. The molecule has 2 N–H and O–H groups in total. The summed E-state index contributed by atoms with van der Waals surface area (Å²) in [6.45, 7) is 1.86. The first kappa shape index (κ1) is 12.0. The molecule has 2 heterocycles. The maximum Gasteiger partial charge on any atom is 0.271 e. The molecule has 0 saturated carbocycles. The van der Waals surface area contributed by atoms with E-state index in [1.807, 2.05) is 6.92 Å². The fourth-order valence-corrected chi connectivity index (χ4v) is 1.94. The van der Waals surface area contributed by atoms with Crippen LogP contribution in [0.15, 0.2) is 30.6 Å². The number of aromatic nitrogens is 4. The second-order valence-electron chi connectivity index (χ2n) is 4.31. The molecule has 3 rings (SSSR count). The third-order valence-corrected chi connectivity index (χ3v) is 2.92. The highest BCUT2D eigenvalue weighted by molar-refractivity contribution is 5.75. The van der Waals surface area contributed by atoms with Crippen molar-refractivity contribution in [1.82, 2.24) is 19.6 Å². The fraction of sp³-hybridized carbons (Fsp3) is 0.0833. The number of nitrogens with two attached hydrogens (primary N) is 1. The third kappa shape index (κ3) is 1.83. The summed E-state index contributed by atoms with van der Waals surface area (Å²) in [4.78, 5) is 14.4. The number of fused-ring (bicyclic) bond motifs is 1. The molecule has 0 aliphatic rings. The first-order valence-corrected chi connectivity index (χ1v) is 5.78. The maximum absolute atomic E-state index is 10.7. The molecule has 8 heteroatoms. The van der Waals surface area contributed by atoms with E-state index in [-0.39, 0.29) is 11.4 Å². The fourth-order valence-electron chi connectivity index (χ4n) is 1.94. The Bertz CT molecular complexity index is 826. The molecule has 0 amide bonds. The molecule has 0 bridgehead atoms. The third-order valence-electron chi connectivity index (χ3n) is 2.92. The monoisotopic (exact) mass is 270 g/mol. The van der Waals surface area contributed by atoms with Crippen molar-refractivity contribution < 1.29 is 4.92 Å². The summed E-state index contributed by atoms with van der Waals surface area (Å²) < 4.78 is 1.69. The largest absolute Gasteiger partial charge is 0.398 e. The van der Waals surface area contributed by atoms with E-state index in [2.05, 4.69) is 15.2 Å². The number of rotatable bonds is 2. The molecule has 0 aliphatic heterocycles. The Kier molecular flexibility index (Phi) is 2.56. The zero-order chi connectivity index (χ0) is 14.3. The van der Waals surface area contributed by atoms with E-state index in [1.165, 1.54) is 12.1 Å². The molecule has 8 nitrogen and oxygen atoms in total. The zero-order valence-electron chi connectivity index (χ0n) is 10.5. The number of hydrogen-bond donors (Lipinski definition) is 1. The second kappa shape index (κ2) is 4.26. The average molecular weight is 270 g/mol. The summed E-state index contributed by atoms with van der Waals surface area (Å²) in [5.74, 6) is 0.500. The van der Waals surface area contributed by atoms with Gasteiger partial charge in [0.1, 0.15) is 6.33 Å². The Balaban J connectivity index is 2.18. The molecule has 0 unspecified atom stereocenters. The van der Waals surface area contributed by atoms with Crippen LogP contribution in [0.1, 0.15) is 5.69 Å². The van der Waals surface area contributed by atoms with Crippen molar-refractivity contribution in [3.05, 3.63) is 46.4 Å². The van der Waals surface area contributed by atoms with Crippen LogP contribution in [0, 0.1) is 17.0 Å². The summed E-state index contributed by atoms with van der Waals surface area (Å²) in [5.41, 5.74) is 8.12. The molecule has 2 aromatic heterocycles. The van der Waals surface area contributed by atoms with Crippen molar-refractivity contribution in [1.29, 1.82) is 0 Å². The Labute approximate surface area is 113 Å². The summed E-state index contributed by atoms with van der Waals surface area (Å²) in [6.07, 6.45) is 1.60. The molecule has 0 spiro atoms. The molecule has 3 aromatic rings. The van der Waals surface area contributed by atoms with E-state index >= 15 is 0 Å². The number of nitro benzene ring substituents is 1. The van der Waals surface area contributed by atoms with Crippen molar-refractivity contribution in [2.24, 2.45) is 0 Å². The van der Waals surface area contributed by atoms with Gasteiger partial charge in [-0.05, 0) is 13.0 Å². The lowest BCUT2D eigenvalue weighted by atomic mass is 10.1. The van der Waals surface area contributed by atoms with Crippen molar-refractivity contribution >= 4 is 17.0 Å². The minimum absolute atomic E-state index is 0.0611. The highest BCUT2D eigenvalue weighted by atomic mass is 16.6. The molecular formula is C12H10N6O2. The Morgan fingerprint density at radius 1 is 1.30 bits per heavy atom. The predicted octanol–water partition coefficient (Wildman–Crippen LogP) is 1.59. The van der Waals surface area contributed by atoms with Gasteiger partial charge in [0.15, 0.2) is 11.5 Å². The van der Waals surface area contributed by atoms with E-state index < -0.39 is 4.92 Å². The highest BCUT2D eigenvalue weighted by Gasteiger charge is 2.14. The van der Waals surface area contributed by atoms with Gasteiger partial charge in [0.05, 0.1) is 4.92 Å². The van der Waals surface area contributed by atoms with Crippen molar-refractivity contribution in [2.45, 2.75) is 6.92 Å². The zero-order valence-corrected chi connectivity index (χ0v) is 10.5. The number of anilines is 1. The Morgan fingerprint density at radius 2 is 2.10 bits per heavy atom. The number of nitro groups is 1. The summed E-state index contributed by atoms with van der Waals surface area (Å²) in [5, 5.41) is 18.8. The molecule has 1 aromatic carbocycles. The predicted molar refractivity (Wildman–Crippen MR) is 72.0 cm³/mol. The van der Waals surface area contributed by atoms with Crippen LogP contribution < -0.4 is 5.73 Å². The normalized spacial score (nSPS) is 10.8. The van der Waals surface area contributed by atoms with E-state index in [1.54, 1.807) is 22.9 Å². The van der Waals surface area contributed by atoms with Gasteiger partial charge >= 0.3 is 0 Å². The molecule has 0 aliphatic carbocycles. The number of aryl methyl sites for hydroxylation is 1. The summed E-state index contributed by atoms with van der Waals surface area (Å²) in [7, 11) is 0. The second-order valence-corrected chi connectivity index (χ2v) is 4.31. The number of non-ortho nitro benzene ring substituents is 1. The van der Waals surface area contributed by atoms with Gasteiger partial charge in [0.25, 0.3) is 5.69 Å². The van der Waals surface area contributed by atoms with Crippen molar-refractivity contribution in [2.75, 3.05) is 5.73 Å². The van der Waals surface area contributed by atoms with Gasteiger partial charge in [-0.25, -0.2) is 4.98 Å². The van der Waals surface area contributed by atoms with E-state index in [0.29, 0.717) is 17.0 Å². The molecular weight excluding hydrogens is 260 g/mol. The lowest BCUT2D eigenvalue weighted by molar-refractivity contribution is -0.384. The highest BCUT2D eigenvalue weighted by Crippen LogP contribution is 2.28. The molecule has 0 fully saturated rings. The summed E-state index contributed by atoms with van der Waals surface area (Å²) in [6, 6.07) is 6.04. The quantitative estimate of drug-likeness (QED) is 0.430. The number of nitrogens with zero attached hydrogens (tertiary/aromatic N) is 5. The SMILES string of the molecule is Cc1cc2nnc(-c3ccc([N+](=O)[O-])cc3N)n2cn1. The van der Waals surface area contributed by atoms with Crippen LogP contribution in [-0.2, 0) is 0 Å². The van der Waals surface area contributed by atoms with Crippen LogP contribution in [0.2, 0.25) is 0 Å². The van der Waals surface area contributed by atoms with Gasteiger partial charge in [0.2, 0.25) is 0 Å². The van der Waals surface area contributed by atoms with E-state index in [9.17, 15) is 10.1 Å². The minimum atomic E-state index is -0.493. The molecule has 100 valence electrons. The van der Waals surface area contributed by atoms with Gasteiger partial charge in [-0.15, -0.1) is 10.2 Å². The van der Waals surface area contributed by atoms with Crippen molar-refractivity contribution in [3.8, 4) is 11.4 Å². The van der Waals surface area contributed by atoms with Gasteiger partial charge in [0, 0.05) is 35.1 Å². The number of nitrogen functional groups attached to an aromatic ring is 1. The van der Waals surface area contributed by atoms with E-state index in [0.717, 1.165) is 5.69 Å². The standard InChI is InChI=1S/C12H10N6O2/c1-7-4-11-15-16-12(17(11)6-14-7)9-3-2-8(18(19)20)5-10(9)13/h2-6H,13H2,1H3. The first-order valence-electron chi connectivity index (χ1n) is 5.78. The molecule has 0 saturated heterocycles. The number of hydrogen-bond acceptors (Lipinski definition) is 6. The van der Waals surface area contributed by atoms with Gasteiger partial charge in [-0.3, -0.25) is 14.5 Å². The number of benzene rings is 1. The molecule has 20 heavy (non-hydrogen) atoms. The van der Waals surface area contributed by atoms with Gasteiger partial charge in [-0.2, -0.15) is 0 Å². The minimum Gasteiger partial charge on any atom is -0.398 e.